The average Bonchev–Trinajstić information content (AvgIpc) is 3.46. The molecule has 3 rings (SSSR count). The molecule has 5 atom stereocenters. The van der Waals surface area contributed by atoms with Crippen molar-refractivity contribution in [2.24, 2.45) is 17.8 Å². The molecule has 0 aromatic carbocycles. The third kappa shape index (κ3) is 6.40. The smallest absolute Gasteiger partial charge is 0.245 e. The first kappa shape index (κ1) is 22.5. The minimum atomic E-state index is -0.319. The highest BCUT2D eigenvalue weighted by molar-refractivity contribution is 5.74. The van der Waals surface area contributed by atoms with E-state index in [4.69, 9.17) is 4.74 Å². The molecule has 0 aromatic heterocycles. The quantitative estimate of drug-likeness (QED) is 0.228. The standard InChI is InChI=1S/C24H39NO4/c1-2-25(28)24(27)12-6-4-3-5-11-20-21(23-16-15-22(20)29-23)14-13-19(26)17-18-9-7-8-10-18/h3,5,13-14,18-23,26,28H,2,4,6-12,15-17H2,1H3/b5-3-,14-13+/t19?,20-,21+,22-,23+/m0/s1. The summed E-state index contributed by atoms with van der Waals surface area (Å²) in [6.45, 7) is 2.09. The molecule has 0 radical (unpaired) electrons. The number of carbonyl (C=O) groups is 1. The van der Waals surface area contributed by atoms with Crippen LogP contribution in [0.2, 0.25) is 0 Å². The molecular weight excluding hydrogens is 366 g/mol. The first-order chi connectivity index (χ1) is 14.1. The number of rotatable bonds is 11. The van der Waals surface area contributed by atoms with E-state index in [1.165, 1.54) is 25.7 Å². The van der Waals surface area contributed by atoms with Crippen molar-refractivity contribution in [2.45, 2.75) is 95.9 Å². The number of carbonyl (C=O) groups excluding carboxylic acids is 1. The Morgan fingerprint density at radius 1 is 1.17 bits per heavy atom. The van der Waals surface area contributed by atoms with Crippen molar-refractivity contribution in [1.29, 1.82) is 0 Å². The lowest BCUT2D eigenvalue weighted by molar-refractivity contribution is -0.164. The second-order valence-electron chi connectivity index (χ2n) is 9.08. The van der Waals surface area contributed by atoms with Crippen molar-refractivity contribution in [2.75, 3.05) is 6.54 Å². The number of fused-ring (bicyclic) bond motifs is 2. The molecule has 1 unspecified atom stereocenters. The average molecular weight is 406 g/mol. The van der Waals surface area contributed by atoms with Gasteiger partial charge in [-0.3, -0.25) is 10.0 Å². The molecule has 0 spiro atoms. The molecule has 29 heavy (non-hydrogen) atoms. The van der Waals surface area contributed by atoms with Gasteiger partial charge in [-0.05, 0) is 57.3 Å². The van der Waals surface area contributed by atoms with Crippen LogP contribution >= 0.6 is 0 Å². The van der Waals surface area contributed by atoms with Crippen LogP contribution in [0.3, 0.4) is 0 Å². The number of aliphatic hydroxyl groups excluding tert-OH is 1. The Morgan fingerprint density at radius 3 is 2.69 bits per heavy atom. The Kier molecular flexibility index (Phi) is 8.76. The Balaban J connectivity index is 1.41. The Hall–Kier alpha value is -1.17. The second kappa shape index (κ2) is 11.3. The molecule has 164 valence electrons. The second-order valence-corrected chi connectivity index (χ2v) is 9.08. The first-order valence-electron chi connectivity index (χ1n) is 11.7. The molecule has 2 aliphatic heterocycles. The summed E-state index contributed by atoms with van der Waals surface area (Å²) in [7, 11) is 0. The van der Waals surface area contributed by atoms with Crippen LogP contribution in [0.4, 0.5) is 0 Å². The summed E-state index contributed by atoms with van der Waals surface area (Å²) in [5, 5.41) is 20.6. The van der Waals surface area contributed by atoms with E-state index in [0.717, 1.165) is 43.6 Å². The zero-order valence-electron chi connectivity index (χ0n) is 17.9. The lowest BCUT2D eigenvalue weighted by Crippen LogP contribution is -2.26. The summed E-state index contributed by atoms with van der Waals surface area (Å²) >= 11 is 0. The number of unbranched alkanes of at least 4 members (excludes halogenated alkanes) is 1. The predicted molar refractivity (Wildman–Crippen MR) is 113 cm³/mol. The zero-order valence-corrected chi connectivity index (χ0v) is 17.9. The fourth-order valence-electron chi connectivity index (χ4n) is 5.36. The van der Waals surface area contributed by atoms with E-state index in [0.29, 0.717) is 42.9 Å². The highest BCUT2D eigenvalue weighted by Gasteiger charge is 2.46. The third-order valence-corrected chi connectivity index (χ3v) is 7.02. The molecule has 5 heteroatoms. The molecule has 0 aromatic rings. The fraction of sp³-hybridized carbons (Fsp3) is 0.792. The molecule has 1 aliphatic carbocycles. The highest BCUT2D eigenvalue weighted by Crippen LogP contribution is 2.46. The van der Waals surface area contributed by atoms with Crippen LogP contribution in [0.1, 0.15) is 77.6 Å². The number of ether oxygens (including phenoxy) is 1. The molecule has 3 fully saturated rings. The minimum absolute atomic E-state index is 0.205. The summed E-state index contributed by atoms with van der Waals surface area (Å²) in [4.78, 5) is 11.6. The van der Waals surface area contributed by atoms with E-state index < -0.39 is 0 Å². The van der Waals surface area contributed by atoms with Gasteiger partial charge in [0.25, 0.3) is 0 Å². The number of aliphatic hydroxyl groups is 1. The number of hydroxylamine groups is 2. The Bertz CT molecular complexity index is 569. The van der Waals surface area contributed by atoms with Crippen molar-refractivity contribution in [3.8, 4) is 0 Å². The van der Waals surface area contributed by atoms with Gasteiger partial charge in [0.1, 0.15) is 0 Å². The Morgan fingerprint density at radius 2 is 1.93 bits per heavy atom. The molecule has 2 N–H and O–H groups in total. The van der Waals surface area contributed by atoms with Gasteiger partial charge in [0.2, 0.25) is 5.91 Å². The zero-order chi connectivity index (χ0) is 20.6. The number of allylic oxidation sites excluding steroid dienone is 2. The minimum Gasteiger partial charge on any atom is -0.389 e. The Labute approximate surface area is 175 Å². The summed E-state index contributed by atoms with van der Waals surface area (Å²) in [6, 6.07) is 0. The SMILES string of the molecule is CCN(O)C(=O)CCC/C=C\C[C@H]1[C@@H](/C=C/C(O)CC2CCCC2)[C@H]2CC[C@@H]1O2. The van der Waals surface area contributed by atoms with Crippen LogP contribution < -0.4 is 0 Å². The van der Waals surface area contributed by atoms with Crippen molar-refractivity contribution in [3.05, 3.63) is 24.3 Å². The van der Waals surface area contributed by atoms with Crippen molar-refractivity contribution in [3.63, 3.8) is 0 Å². The molecule has 2 bridgehead atoms. The van der Waals surface area contributed by atoms with Crippen LogP contribution in [0.25, 0.3) is 0 Å². The summed E-state index contributed by atoms with van der Waals surface area (Å²) in [5.74, 6) is 1.40. The van der Waals surface area contributed by atoms with Gasteiger partial charge < -0.3 is 9.84 Å². The maximum Gasteiger partial charge on any atom is 0.245 e. The third-order valence-electron chi connectivity index (χ3n) is 7.02. The number of nitrogens with zero attached hydrogens (tertiary/aromatic N) is 1. The van der Waals surface area contributed by atoms with Crippen molar-refractivity contribution < 1.29 is 19.8 Å². The van der Waals surface area contributed by atoms with Gasteiger partial charge in [0.05, 0.1) is 18.3 Å². The molecule has 2 heterocycles. The van der Waals surface area contributed by atoms with Gasteiger partial charge in [-0.2, -0.15) is 0 Å². The fourth-order valence-corrected chi connectivity index (χ4v) is 5.36. The molecule has 1 amide bonds. The summed E-state index contributed by atoms with van der Waals surface area (Å²) in [5.41, 5.74) is 0. The monoisotopic (exact) mass is 405 g/mol. The van der Waals surface area contributed by atoms with E-state index in [9.17, 15) is 15.1 Å². The van der Waals surface area contributed by atoms with Crippen molar-refractivity contribution in [1.82, 2.24) is 5.06 Å². The van der Waals surface area contributed by atoms with E-state index in [2.05, 4.69) is 18.2 Å². The summed E-state index contributed by atoms with van der Waals surface area (Å²) < 4.78 is 6.17. The van der Waals surface area contributed by atoms with Crippen LogP contribution in [0.15, 0.2) is 24.3 Å². The number of hydrogen-bond acceptors (Lipinski definition) is 4. The van der Waals surface area contributed by atoms with Crippen LogP contribution in [-0.4, -0.2) is 46.1 Å². The van der Waals surface area contributed by atoms with Gasteiger partial charge in [-0.1, -0.05) is 50.0 Å². The topological polar surface area (TPSA) is 70.0 Å². The van der Waals surface area contributed by atoms with Crippen LogP contribution in [0, 0.1) is 17.8 Å². The van der Waals surface area contributed by atoms with E-state index in [-0.39, 0.29) is 12.0 Å². The molecule has 1 saturated carbocycles. The van der Waals surface area contributed by atoms with Crippen molar-refractivity contribution >= 4 is 5.91 Å². The largest absolute Gasteiger partial charge is 0.389 e. The van der Waals surface area contributed by atoms with Crippen LogP contribution in [-0.2, 0) is 9.53 Å². The normalized spacial score (nSPS) is 30.7. The van der Waals surface area contributed by atoms with Crippen LogP contribution in [0.5, 0.6) is 0 Å². The molecule has 5 nitrogen and oxygen atoms in total. The molecule has 2 saturated heterocycles. The van der Waals surface area contributed by atoms with E-state index in [1.807, 2.05) is 6.08 Å². The lowest BCUT2D eigenvalue weighted by Gasteiger charge is -2.25. The van der Waals surface area contributed by atoms with E-state index >= 15 is 0 Å². The molecule has 3 aliphatic rings. The highest BCUT2D eigenvalue weighted by atomic mass is 16.5. The number of hydrogen-bond donors (Lipinski definition) is 2. The van der Waals surface area contributed by atoms with E-state index in [1.54, 1.807) is 6.92 Å². The van der Waals surface area contributed by atoms with Gasteiger partial charge in [0, 0.05) is 18.9 Å². The lowest BCUT2D eigenvalue weighted by atomic mass is 9.77. The molecular formula is C24H39NO4. The number of amides is 1. The van der Waals surface area contributed by atoms with Gasteiger partial charge in [-0.15, -0.1) is 0 Å². The summed E-state index contributed by atoms with van der Waals surface area (Å²) in [6.07, 6.45) is 20.4. The van der Waals surface area contributed by atoms with Gasteiger partial charge in [0.15, 0.2) is 0 Å². The predicted octanol–water partition coefficient (Wildman–Crippen LogP) is 4.63. The van der Waals surface area contributed by atoms with Gasteiger partial charge >= 0.3 is 0 Å². The van der Waals surface area contributed by atoms with Gasteiger partial charge in [-0.25, -0.2) is 5.06 Å². The maximum absolute atomic E-state index is 11.6. The maximum atomic E-state index is 11.6. The first-order valence-corrected chi connectivity index (χ1v) is 11.7.